The first-order valence-corrected chi connectivity index (χ1v) is 8.12. The molecule has 0 radical (unpaired) electrons. The molecular formula is C17H26Cl2F3N3O2. The highest BCUT2D eigenvalue weighted by Crippen LogP contribution is 2.28. The summed E-state index contributed by atoms with van der Waals surface area (Å²) in [6.45, 7) is 6.82. The normalized spacial score (nSPS) is 18.2. The number of rotatable bonds is 4. The van der Waals surface area contributed by atoms with Crippen LogP contribution < -0.4 is 20.7 Å². The van der Waals surface area contributed by atoms with Gasteiger partial charge in [0.25, 0.3) is 0 Å². The van der Waals surface area contributed by atoms with Gasteiger partial charge in [0.15, 0.2) is 0 Å². The summed E-state index contributed by atoms with van der Waals surface area (Å²) in [4.78, 5) is 14.1. The number of nitrogens with zero attached hydrogens (tertiary/aromatic N) is 1. The third-order valence-electron chi connectivity index (χ3n) is 4.17. The largest absolute Gasteiger partial charge is 0.573 e. The van der Waals surface area contributed by atoms with E-state index in [9.17, 15) is 18.0 Å². The highest BCUT2D eigenvalue weighted by atomic mass is 35.5. The van der Waals surface area contributed by atoms with Crippen LogP contribution in [-0.4, -0.2) is 37.4 Å². The van der Waals surface area contributed by atoms with E-state index in [4.69, 9.17) is 5.73 Å². The first kappa shape index (κ1) is 25.6. The van der Waals surface area contributed by atoms with Crippen molar-refractivity contribution >= 4 is 36.4 Å². The van der Waals surface area contributed by atoms with Gasteiger partial charge in [-0.05, 0) is 24.0 Å². The van der Waals surface area contributed by atoms with Gasteiger partial charge in [-0.15, -0.1) is 38.0 Å². The van der Waals surface area contributed by atoms with Gasteiger partial charge in [0.05, 0.1) is 6.04 Å². The topological polar surface area (TPSA) is 67.6 Å². The maximum atomic E-state index is 12.3. The molecule has 0 spiro atoms. The number of benzene rings is 1. The number of nitrogens with two attached hydrogens (primary N) is 1. The molecule has 27 heavy (non-hydrogen) atoms. The fourth-order valence-corrected chi connectivity index (χ4v) is 2.67. The molecule has 1 amide bonds. The zero-order chi connectivity index (χ0) is 18.8. The third-order valence-corrected chi connectivity index (χ3v) is 4.17. The van der Waals surface area contributed by atoms with E-state index in [1.54, 1.807) is 6.07 Å². The molecule has 1 aliphatic rings. The van der Waals surface area contributed by atoms with Gasteiger partial charge in [-0.25, -0.2) is 0 Å². The van der Waals surface area contributed by atoms with Crippen LogP contribution in [0.4, 0.5) is 18.9 Å². The highest BCUT2D eigenvalue weighted by molar-refractivity contribution is 5.85. The molecule has 156 valence electrons. The standard InChI is InChI=1S/C17H24F3N3O2.2ClH/c1-16(2,3)14(21)15(24)22-11-7-8-23(10-11)12-5-4-6-13(9-12)25-17(18,19)20;;/h4-6,9,11,14H,7-8,10,21H2,1-3H3,(H,22,24);2*1H/t11?,14-;;/m1../s1. The van der Waals surface area contributed by atoms with Gasteiger partial charge in [-0.2, -0.15) is 0 Å². The third kappa shape index (κ3) is 7.63. The summed E-state index contributed by atoms with van der Waals surface area (Å²) in [5.74, 6) is -0.472. The summed E-state index contributed by atoms with van der Waals surface area (Å²) in [5.41, 5.74) is 6.23. The lowest BCUT2D eigenvalue weighted by Crippen LogP contribution is -2.51. The Bertz CT molecular complexity index is 624. The molecule has 0 aliphatic carbocycles. The summed E-state index contributed by atoms with van der Waals surface area (Å²) < 4.78 is 40.9. The number of ether oxygens (including phenoxy) is 1. The molecular weight excluding hydrogens is 406 g/mol. The zero-order valence-corrected chi connectivity index (χ0v) is 17.0. The number of hydrogen-bond donors (Lipinski definition) is 2. The van der Waals surface area contributed by atoms with Gasteiger partial charge in [-0.1, -0.05) is 26.8 Å². The van der Waals surface area contributed by atoms with Crippen molar-refractivity contribution in [1.29, 1.82) is 0 Å². The van der Waals surface area contributed by atoms with Gasteiger partial charge >= 0.3 is 6.36 Å². The first-order valence-electron chi connectivity index (χ1n) is 8.12. The fraction of sp³-hybridized carbons (Fsp3) is 0.588. The van der Waals surface area contributed by atoms with Crippen LogP contribution in [0.25, 0.3) is 0 Å². The predicted molar refractivity (Wildman–Crippen MR) is 104 cm³/mol. The van der Waals surface area contributed by atoms with Crippen LogP contribution in [0.15, 0.2) is 24.3 Å². The molecule has 2 rings (SSSR count). The van der Waals surface area contributed by atoms with Gasteiger partial charge in [-0.3, -0.25) is 4.79 Å². The van der Waals surface area contributed by atoms with E-state index in [0.717, 1.165) is 0 Å². The van der Waals surface area contributed by atoms with Gasteiger partial charge < -0.3 is 20.7 Å². The van der Waals surface area contributed by atoms with Gasteiger partial charge in [0.1, 0.15) is 5.75 Å². The number of carbonyl (C=O) groups excluding carboxylic acids is 1. The fourth-order valence-electron chi connectivity index (χ4n) is 2.67. The summed E-state index contributed by atoms with van der Waals surface area (Å²) in [6.07, 6.45) is -4.02. The number of amides is 1. The van der Waals surface area contributed by atoms with E-state index < -0.39 is 12.4 Å². The molecule has 1 aromatic carbocycles. The maximum absolute atomic E-state index is 12.3. The molecule has 0 bridgehead atoms. The minimum atomic E-state index is -4.72. The molecule has 5 nitrogen and oxygen atoms in total. The Morgan fingerprint density at radius 3 is 2.48 bits per heavy atom. The monoisotopic (exact) mass is 431 g/mol. The van der Waals surface area contributed by atoms with Crippen LogP contribution in [0, 0.1) is 5.41 Å². The molecule has 1 fully saturated rings. The Hall–Kier alpha value is -1.38. The van der Waals surface area contributed by atoms with Crippen molar-refractivity contribution in [2.45, 2.75) is 45.6 Å². The number of alkyl halides is 3. The van der Waals surface area contributed by atoms with Crippen molar-refractivity contribution in [3.8, 4) is 5.75 Å². The quantitative estimate of drug-likeness (QED) is 0.765. The lowest BCUT2D eigenvalue weighted by atomic mass is 9.87. The molecule has 10 heteroatoms. The molecule has 2 atom stereocenters. The van der Waals surface area contributed by atoms with Gasteiger partial charge in [0.2, 0.25) is 5.91 Å². The van der Waals surface area contributed by atoms with E-state index in [2.05, 4.69) is 10.1 Å². The second-order valence-electron chi connectivity index (χ2n) is 7.33. The Morgan fingerprint density at radius 2 is 1.93 bits per heavy atom. The Morgan fingerprint density at radius 1 is 1.30 bits per heavy atom. The molecule has 1 aromatic rings. The van der Waals surface area contributed by atoms with Crippen LogP contribution in [0.3, 0.4) is 0 Å². The molecule has 1 saturated heterocycles. The van der Waals surface area contributed by atoms with Crippen LogP contribution in [0.5, 0.6) is 5.75 Å². The first-order chi connectivity index (χ1) is 11.5. The Labute approximate surface area is 169 Å². The summed E-state index contributed by atoms with van der Waals surface area (Å²) in [6, 6.07) is 5.12. The van der Waals surface area contributed by atoms with E-state index >= 15 is 0 Å². The average Bonchev–Trinajstić information content (AvgIpc) is 2.92. The minimum Gasteiger partial charge on any atom is -0.406 e. The van der Waals surface area contributed by atoms with E-state index in [-0.39, 0.29) is 47.9 Å². The lowest BCUT2D eigenvalue weighted by molar-refractivity contribution is -0.274. The molecule has 1 unspecified atom stereocenters. The highest BCUT2D eigenvalue weighted by Gasteiger charge is 2.33. The second kappa shape index (κ2) is 9.71. The zero-order valence-electron chi connectivity index (χ0n) is 15.4. The molecule has 1 heterocycles. The Balaban J connectivity index is 0.00000338. The van der Waals surface area contributed by atoms with Crippen molar-refractivity contribution in [1.82, 2.24) is 5.32 Å². The van der Waals surface area contributed by atoms with Crippen molar-refractivity contribution in [2.75, 3.05) is 18.0 Å². The van der Waals surface area contributed by atoms with E-state index in [0.29, 0.717) is 25.2 Å². The molecule has 3 N–H and O–H groups in total. The average molecular weight is 432 g/mol. The van der Waals surface area contributed by atoms with Crippen LogP contribution >= 0.6 is 24.8 Å². The van der Waals surface area contributed by atoms with E-state index in [1.807, 2.05) is 25.7 Å². The van der Waals surface area contributed by atoms with Crippen molar-refractivity contribution in [3.05, 3.63) is 24.3 Å². The number of anilines is 1. The number of hydrogen-bond acceptors (Lipinski definition) is 4. The molecule has 0 saturated carbocycles. The summed E-state index contributed by atoms with van der Waals surface area (Å²) in [7, 11) is 0. The number of halogens is 5. The smallest absolute Gasteiger partial charge is 0.406 e. The van der Waals surface area contributed by atoms with Crippen LogP contribution in [0.2, 0.25) is 0 Å². The minimum absolute atomic E-state index is 0. The predicted octanol–water partition coefficient (Wildman–Crippen LogP) is 3.50. The van der Waals surface area contributed by atoms with Crippen molar-refractivity contribution < 1.29 is 22.7 Å². The number of nitrogens with one attached hydrogen (secondary N) is 1. The summed E-state index contributed by atoms with van der Waals surface area (Å²) >= 11 is 0. The lowest BCUT2D eigenvalue weighted by Gasteiger charge is -2.27. The Kier molecular flexibility index (Phi) is 9.21. The van der Waals surface area contributed by atoms with Crippen molar-refractivity contribution in [2.24, 2.45) is 11.1 Å². The SMILES string of the molecule is CC(C)(C)[C@H](N)C(=O)NC1CCN(c2cccc(OC(F)(F)F)c2)C1.Cl.Cl. The maximum Gasteiger partial charge on any atom is 0.573 e. The van der Waals surface area contributed by atoms with Gasteiger partial charge in [0, 0.05) is 30.9 Å². The van der Waals surface area contributed by atoms with E-state index in [1.165, 1.54) is 18.2 Å². The summed E-state index contributed by atoms with van der Waals surface area (Å²) in [5, 5.41) is 2.92. The molecule has 1 aliphatic heterocycles. The van der Waals surface area contributed by atoms with Crippen molar-refractivity contribution in [3.63, 3.8) is 0 Å². The van der Waals surface area contributed by atoms with Crippen LogP contribution in [-0.2, 0) is 4.79 Å². The van der Waals surface area contributed by atoms with Crippen LogP contribution in [0.1, 0.15) is 27.2 Å². The second-order valence-corrected chi connectivity index (χ2v) is 7.33. The number of carbonyl (C=O) groups is 1. The molecule has 0 aromatic heterocycles.